The molecule has 0 bridgehead atoms. The lowest BCUT2D eigenvalue weighted by Crippen LogP contribution is -2.60. The molecule has 1 aliphatic rings. The molecule has 2 atom stereocenters. The van der Waals surface area contributed by atoms with Gasteiger partial charge in [-0.1, -0.05) is 27.7 Å². The van der Waals surface area contributed by atoms with Gasteiger partial charge in [0.15, 0.2) is 0 Å². The molecule has 1 aliphatic heterocycles. The first kappa shape index (κ1) is 15.9. The number of ether oxygens (including phenoxy) is 1. The maximum Gasteiger partial charge on any atom is 0.0478 e. The van der Waals surface area contributed by atoms with Gasteiger partial charge in [-0.15, -0.1) is 0 Å². The number of hydrogen-bond donors (Lipinski definition) is 1. The van der Waals surface area contributed by atoms with Gasteiger partial charge in [0, 0.05) is 44.9 Å². The fourth-order valence-corrected chi connectivity index (χ4v) is 2.77. The molecule has 1 heterocycles. The molecule has 2 unspecified atom stereocenters. The molecular formula is C15H32N2O. The summed E-state index contributed by atoms with van der Waals surface area (Å²) in [5, 5.41) is 3.68. The van der Waals surface area contributed by atoms with E-state index in [2.05, 4.69) is 44.8 Å². The number of rotatable bonds is 6. The van der Waals surface area contributed by atoms with Crippen LogP contribution in [0.1, 0.15) is 47.5 Å². The summed E-state index contributed by atoms with van der Waals surface area (Å²) in [6.45, 7) is 16.6. The molecule has 0 aromatic rings. The molecule has 0 saturated carbocycles. The van der Waals surface area contributed by atoms with Crippen LogP contribution in [0.3, 0.4) is 0 Å². The van der Waals surface area contributed by atoms with Crippen LogP contribution in [0, 0.1) is 5.41 Å². The van der Waals surface area contributed by atoms with Crippen LogP contribution < -0.4 is 5.32 Å². The van der Waals surface area contributed by atoms with Crippen LogP contribution >= 0.6 is 0 Å². The second kappa shape index (κ2) is 7.46. The van der Waals surface area contributed by atoms with Gasteiger partial charge < -0.3 is 10.1 Å². The molecule has 0 aromatic carbocycles. The Balaban J connectivity index is 2.49. The van der Waals surface area contributed by atoms with Crippen molar-refractivity contribution >= 4 is 0 Å². The van der Waals surface area contributed by atoms with Crippen LogP contribution in [-0.2, 0) is 4.74 Å². The lowest BCUT2D eigenvalue weighted by Gasteiger charge is -2.46. The highest BCUT2D eigenvalue weighted by Gasteiger charge is 2.34. The van der Waals surface area contributed by atoms with Gasteiger partial charge in [0.05, 0.1) is 0 Å². The molecule has 3 nitrogen and oxygen atoms in total. The molecule has 108 valence electrons. The predicted molar refractivity (Wildman–Crippen MR) is 78.0 cm³/mol. The average Bonchev–Trinajstić information content (AvgIpc) is 2.33. The summed E-state index contributed by atoms with van der Waals surface area (Å²) >= 11 is 0. The van der Waals surface area contributed by atoms with Crippen LogP contribution in [0.25, 0.3) is 0 Å². The monoisotopic (exact) mass is 256 g/mol. The Bertz CT molecular complexity index is 225. The van der Waals surface area contributed by atoms with Gasteiger partial charge in [0.25, 0.3) is 0 Å². The Morgan fingerprint density at radius 1 is 1.28 bits per heavy atom. The number of nitrogens with one attached hydrogen (secondary N) is 1. The van der Waals surface area contributed by atoms with Gasteiger partial charge in [-0.2, -0.15) is 0 Å². The van der Waals surface area contributed by atoms with Crippen molar-refractivity contribution in [2.24, 2.45) is 5.41 Å². The van der Waals surface area contributed by atoms with Crippen LogP contribution in [0.4, 0.5) is 0 Å². The summed E-state index contributed by atoms with van der Waals surface area (Å²) in [6.07, 6.45) is 2.37. The van der Waals surface area contributed by atoms with Crippen LogP contribution in [0.15, 0.2) is 0 Å². The van der Waals surface area contributed by atoms with E-state index in [1.165, 1.54) is 19.5 Å². The predicted octanol–water partition coefficient (Wildman–Crippen LogP) is 2.51. The van der Waals surface area contributed by atoms with Gasteiger partial charge in [-0.25, -0.2) is 0 Å². The largest absolute Gasteiger partial charge is 0.382 e. The molecule has 0 aliphatic carbocycles. The smallest absolute Gasteiger partial charge is 0.0478 e. The van der Waals surface area contributed by atoms with Crippen molar-refractivity contribution < 1.29 is 4.74 Å². The number of nitrogens with zero attached hydrogens (tertiary/aromatic N) is 1. The molecule has 1 saturated heterocycles. The third-order valence-corrected chi connectivity index (χ3v) is 3.93. The van der Waals surface area contributed by atoms with Gasteiger partial charge in [0.1, 0.15) is 0 Å². The van der Waals surface area contributed by atoms with E-state index in [4.69, 9.17) is 4.74 Å². The van der Waals surface area contributed by atoms with E-state index in [0.29, 0.717) is 17.5 Å². The van der Waals surface area contributed by atoms with Crippen LogP contribution in [0.5, 0.6) is 0 Å². The molecule has 0 amide bonds. The number of piperazine rings is 1. The zero-order valence-corrected chi connectivity index (χ0v) is 13.0. The summed E-state index contributed by atoms with van der Waals surface area (Å²) in [4.78, 5) is 2.67. The van der Waals surface area contributed by atoms with Gasteiger partial charge >= 0.3 is 0 Å². The minimum Gasteiger partial charge on any atom is -0.382 e. The first-order valence-electron chi connectivity index (χ1n) is 7.54. The molecule has 0 aromatic heterocycles. The van der Waals surface area contributed by atoms with E-state index < -0.39 is 0 Å². The van der Waals surface area contributed by atoms with E-state index in [0.717, 1.165) is 26.2 Å². The van der Waals surface area contributed by atoms with E-state index >= 15 is 0 Å². The van der Waals surface area contributed by atoms with Crippen molar-refractivity contribution in [2.45, 2.75) is 59.5 Å². The molecule has 1 rings (SSSR count). The minimum atomic E-state index is 0.345. The Morgan fingerprint density at radius 2 is 2.00 bits per heavy atom. The summed E-state index contributed by atoms with van der Waals surface area (Å²) in [5.74, 6) is 0. The maximum atomic E-state index is 5.46. The average molecular weight is 256 g/mol. The van der Waals surface area contributed by atoms with Gasteiger partial charge in [0.2, 0.25) is 0 Å². The summed E-state index contributed by atoms with van der Waals surface area (Å²) in [6, 6.07) is 1.30. The van der Waals surface area contributed by atoms with Crippen molar-refractivity contribution in [3.8, 4) is 0 Å². The first-order chi connectivity index (χ1) is 8.49. The molecule has 0 spiro atoms. The standard InChI is InChI=1S/C15H32N2O/c1-6-13-12-17(9-8-10-18-7-2)14(11-16-13)15(3,4)5/h13-14,16H,6-12H2,1-5H3. The van der Waals surface area contributed by atoms with Gasteiger partial charge in [-0.3, -0.25) is 4.90 Å². The molecular weight excluding hydrogens is 224 g/mol. The lowest BCUT2D eigenvalue weighted by molar-refractivity contribution is 0.0442. The maximum absolute atomic E-state index is 5.46. The molecule has 1 fully saturated rings. The van der Waals surface area contributed by atoms with Crippen LogP contribution in [-0.4, -0.2) is 49.8 Å². The Labute approximate surface area is 113 Å². The molecule has 0 radical (unpaired) electrons. The highest BCUT2D eigenvalue weighted by Crippen LogP contribution is 2.26. The highest BCUT2D eigenvalue weighted by molar-refractivity contribution is 4.91. The van der Waals surface area contributed by atoms with Crippen molar-refractivity contribution in [1.82, 2.24) is 10.2 Å². The second-order valence-corrected chi connectivity index (χ2v) is 6.44. The molecule has 3 heteroatoms. The Hall–Kier alpha value is -0.120. The van der Waals surface area contributed by atoms with Crippen molar-refractivity contribution in [2.75, 3.05) is 32.8 Å². The number of hydrogen-bond acceptors (Lipinski definition) is 3. The third kappa shape index (κ3) is 4.87. The molecule has 18 heavy (non-hydrogen) atoms. The minimum absolute atomic E-state index is 0.345. The van der Waals surface area contributed by atoms with E-state index in [-0.39, 0.29) is 0 Å². The SMILES string of the molecule is CCOCCCN1CC(CC)NCC1C(C)(C)C. The Morgan fingerprint density at radius 3 is 2.56 bits per heavy atom. The van der Waals surface area contributed by atoms with E-state index in [9.17, 15) is 0 Å². The summed E-state index contributed by atoms with van der Waals surface area (Å²) < 4.78 is 5.46. The fraction of sp³-hybridized carbons (Fsp3) is 1.00. The zero-order valence-electron chi connectivity index (χ0n) is 13.0. The van der Waals surface area contributed by atoms with E-state index in [1.54, 1.807) is 0 Å². The topological polar surface area (TPSA) is 24.5 Å². The van der Waals surface area contributed by atoms with E-state index in [1.807, 2.05) is 0 Å². The fourth-order valence-electron chi connectivity index (χ4n) is 2.77. The highest BCUT2D eigenvalue weighted by atomic mass is 16.5. The quantitative estimate of drug-likeness (QED) is 0.739. The van der Waals surface area contributed by atoms with Gasteiger partial charge in [-0.05, 0) is 25.2 Å². The Kier molecular flexibility index (Phi) is 6.61. The van der Waals surface area contributed by atoms with Crippen LogP contribution in [0.2, 0.25) is 0 Å². The summed E-state index contributed by atoms with van der Waals surface area (Å²) in [7, 11) is 0. The van der Waals surface area contributed by atoms with Crippen molar-refractivity contribution in [3.63, 3.8) is 0 Å². The van der Waals surface area contributed by atoms with Crippen molar-refractivity contribution in [3.05, 3.63) is 0 Å². The van der Waals surface area contributed by atoms with Crippen molar-refractivity contribution in [1.29, 1.82) is 0 Å². The molecule has 1 N–H and O–H groups in total. The first-order valence-corrected chi connectivity index (χ1v) is 7.54. The summed E-state index contributed by atoms with van der Waals surface area (Å²) in [5.41, 5.74) is 0.345. The zero-order chi connectivity index (χ0) is 13.6. The lowest BCUT2D eigenvalue weighted by atomic mass is 9.83. The normalized spacial score (nSPS) is 26.5. The third-order valence-electron chi connectivity index (χ3n) is 3.93. The second-order valence-electron chi connectivity index (χ2n) is 6.44.